The van der Waals surface area contributed by atoms with Crippen molar-refractivity contribution in [2.45, 2.75) is 0 Å². The normalized spacial score (nSPS) is 16.3. The van der Waals surface area contributed by atoms with Crippen LogP contribution in [-0.2, 0) is 14.4 Å². The number of nitrogens with zero attached hydrogens (tertiary/aromatic N) is 1. The van der Waals surface area contributed by atoms with E-state index in [9.17, 15) is 19.2 Å². The van der Waals surface area contributed by atoms with Gasteiger partial charge in [-0.15, -0.1) is 0 Å². The predicted molar refractivity (Wildman–Crippen MR) is 121 cm³/mol. The number of barbiturate groups is 1. The minimum atomic E-state index is -1.68. The van der Waals surface area contributed by atoms with Gasteiger partial charge in [0.1, 0.15) is 0 Å². The summed E-state index contributed by atoms with van der Waals surface area (Å²) in [7, 11) is 0. The molecule has 32 heavy (non-hydrogen) atoms. The first-order valence-corrected chi connectivity index (χ1v) is 9.98. The summed E-state index contributed by atoms with van der Waals surface area (Å²) in [5.74, 6) is -4.33. The molecule has 1 aliphatic rings. The lowest BCUT2D eigenvalue weighted by Crippen LogP contribution is -2.61. The molecule has 0 aromatic heterocycles. The van der Waals surface area contributed by atoms with E-state index in [1.807, 2.05) is 36.4 Å². The smallest absolute Gasteiger partial charge is 0.325 e. The molecule has 0 bridgehead atoms. The molecule has 0 radical (unpaired) electrons. The van der Waals surface area contributed by atoms with Crippen LogP contribution in [0.4, 0.5) is 16.2 Å². The van der Waals surface area contributed by atoms with Gasteiger partial charge < -0.3 is 5.32 Å². The highest BCUT2D eigenvalue weighted by atomic mass is 16.2. The fourth-order valence-electron chi connectivity index (χ4n) is 3.86. The van der Waals surface area contributed by atoms with Crippen LogP contribution in [0.2, 0.25) is 0 Å². The predicted octanol–water partition coefficient (Wildman–Crippen LogP) is 3.83. The molecule has 2 N–H and O–H groups in total. The summed E-state index contributed by atoms with van der Waals surface area (Å²) < 4.78 is 0. The number of nitrogens with one attached hydrogen (secondary N) is 2. The van der Waals surface area contributed by atoms with Gasteiger partial charge in [-0.05, 0) is 57.9 Å². The lowest BCUT2D eigenvalue weighted by molar-refractivity contribution is -0.139. The molecule has 5 amide bonds. The lowest BCUT2D eigenvalue weighted by atomic mass is 10.0. The summed E-state index contributed by atoms with van der Waals surface area (Å²) >= 11 is 0. The van der Waals surface area contributed by atoms with Gasteiger partial charge in [-0.1, -0.05) is 48.5 Å². The molecule has 0 saturated carbocycles. The Kier molecular flexibility index (Phi) is 4.63. The largest absolute Gasteiger partial charge is 0.335 e. The van der Waals surface area contributed by atoms with Gasteiger partial charge in [0.05, 0.1) is 5.69 Å². The standard InChI is InChI=1S/C25H17N3O4/c29-22(21-23(30)27-25(32)28(24(21)31)20-8-2-1-3-9-20)26-19-11-10-17-12-15-6-4-5-7-16(15)13-18(17)14-19/h1-14,21H,(H,26,29)(H,27,30,32). The van der Waals surface area contributed by atoms with Crippen molar-refractivity contribution >= 4 is 56.7 Å². The van der Waals surface area contributed by atoms with E-state index in [2.05, 4.69) is 16.7 Å². The highest BCUT2D eigenvalue weighted by Crippen LogP contribution is 2.26. The molecule has 1 atom stereocenters. The van der Waals surface area contributed by atoms with Crippen molar-refractivity contribution in [2.75, 3.05) is 10.2 Å². The van der Waals surface area contributed by atoms with Crippen LogP contribution in [0, 0.1) is 5.92 Å². The van der Waals surface area contributed by atoms with Crippen molar-refractivity contribution in [3.8, 4) is 0 Å². The monoisotopic (exact) mass is 423 g/mol. The lowest BCUT2D eigenvalue weighted by Gasteiger charge is -2.29. The number of carbonyl (C=O) groups excluding carboxylic acids is 4. The van der Waals surface area contributed by atoms with Gasteiger partial charge in [0.2, 0.25) is 11.8 Å². The van der Waals surface area contributed by atoms with Gasteiger partial charge in [0, 0.05) is 5.69 Å². The maximum absolute atomic E-state index is 12.9. The van der Waals surface area contributed by atoms with E-state index < -0.39 is 29.7 Å². The van der Waals surface area contributed by atoms with Gasteiger partial charge in [-0.3, -0.25) is 19.7 Å². The second-order valence-corrected chi connectivity index (χ2v) is 7.49. The number of hydrogen-bond acceptors (Lipinski definition) is 4. The Labute approximate surface area is 182 Å². The maximum atomic E-state index is 12.9. The van der Waals surface area contributed by atoms with Crippen molar-refractivity contribution in [1.82, 2.24) is 5.32 Å². The number of urea groups is 1. The number of rotatable bonds is 3. The molecule has 1 heterocycles. The van der Waals surface area contributed by atoms with Crippen LogP contribution >= 0.6 is 0 Å². The van der Waals surface area contributed by atoms with Crippen LogP contribution in [0.15, 0.2) is 84.9 Å². The molecular formula is C25H17N3O4. The molecule has 0 aliphatic carbocycles. The summed E-state index contributed by atoms with van der Waals surface area (Å²) in [6.45, 7) is 0. The molecule has 7 nitrogen and oxygen atoms in total. The Morgan fingerprint density at radius 1 is 0.750 bits per heavy atom. The molecule has 4 aromatic rings. The Balaban J connectivity index is 1.43. The first-order chi connectivity index (χ1) is 15.5. The molecular weight excluding hydrogens is 406 g/mol. The quantitative estimate of drug-likeness (QED) is 0.387. The van der Waals surface area contributed by atoms with Crippen molar-refractivity contribution in [1.29, 1.82) is 0 Å². The summed E-state index contributed by atoms with van der Waals surface area (Å²) in [5.41, 5.74) is 0.722. The van der Waals surface area contributed by atoms with Crippen LogP contribution in [0.5, 0.6) is 0 Å². The third-order valence-corrected chi connectivity index (χ3v) is 5.41. The first kappa shape index (κ1) is 19.4. The van der Waals surface area contributed by atoms with Crippen LogP contribution in [0.3, 0.4) is 0 Å². The number of anilines is 2. The molecule has 5 rings (SSSR count). The number of fused-ring (bicyclic) bond motifs is 2. The zero-order valence-electron chi connectivity index (χ0n) is 16.7. The number of para-hydroxylation sites is 1. The molecule has 4 aromatic carbocycles. The van der Waals surface area contributed by atoms with E-state index in [-0.39, 0.29) is 5.69 Å². The minimum absolute atomic E-state index is 0.276. The number of carbonyl (C=O) groups is 4. The Morgan fingerprint density at radius 3 is 2.09 bits per heavy atom. The maximum Gasteiger partial charge on any atom is 0.335 e. The zero-order chi connectivity index (χ0) is 22.2. The second-order valence-electron chi connectivity index (χ2n) is 7.49. The van der Waals surface area contributed by atoms with E-state index in [1.54, 1.807) is 42.5 Å². The Bertz CT molecular complexity index is 1410. The van der Waals surface area contributed by atoms with Crippen LogP contribution < -0.4 is 15.5 Å². The van der Waals surface area contributed by atoms with E-state index >= 15 is 0 Å². The fourth-order valence-corrected chi connectivity index (χ4v) is 3.86. The van der Waals surface area contributed by atoms with Crippen LogP contribution in [-0.4, -0.2) is 23.8 Å². The third-order valence-electron chi connectivity index (χ3n) is 5.41. The van der Waals surface area contributed by atoms with E-state index in [1.165, 1.54) is 0 Å². The van der Waals surface area contributed by atoms with Gasteiger partial charge in [-0.2, -0.15) is 0 Å². The molecule has 1 aliphatic heterocycles. The second kappa shape index (κ2) is 7.63. The highest BCUT2D eigenvalue weighted by Gasteiger charge is 2.45. The van der Waals surface area contributed by atoms with Crippen molar-refractivity contribution < 1.29 is 19.2 Å². The highest BCUT2D eigenvalue weighted by molar-refractivity contribution is 6.35. The fraction of sp³-hybridized carbons (Fsp3) is 0.0400. The number of benzene rings is 4. The molecule has 1 saturated heterocycles. The van der Waals surface area contributed by atoms with Crippen LogP contribution in [0.1, 0.15) is 0 Å². The van der Waals surface area contributed by atoms with Gasteiger partial charge >= 0.3 is 6.03 Å². The zero-order valence-corrected chi connectivity index (χ0v) is 16.7. The molecule has 0 spiro atoms. The average Bonchev–Trinajstić information content (AvgIpc) is 2.78. The van der Waals surface area contributed by atoms with Gasteiger partial charge in [-0.25, -0.2) is 9.69 Å². The number of hydrogen-bond donors (Lipinski definition) is 2. The van der Waals surface area contributed by atoms with Crippen LogP contribution in [0.25, 0.3) is 21.5 Å². The SMILES string of the molecule is O=C1NC(=O)N(c2ccccc2)C(=O)C1C(=O)Nc1ccc2cc3ccccc3cc2c1. The summed E-state index contributed by atoms with van der Waals surface area (Å²) in [4.78, 5) is 51.2. The third kappa shape index (κ3) is 3.35. The van der Waals surface area contributed by atoms with E-state index in [0.29, 0.717) is 5.69 Å². The summed E-state index contributed by atoms with van der Waals surface area (Å²) in [5, 5.41) is 8.79. The summed E-state index contributed by atoms with van der Waals surface area (Å²) in [6, 6.07) is 24.6. The molecule has 7 heteroatoms. The van der Waals surface area contributed by atoms with Gasteiger partial charge in [0.15, 0.2) is 5.92 Å². The van der Waals surface area contributed by atoms with Crippen molar-refractivity contribution in [3.05, 3.63) is 84.9 Å². The van der Waals surface area contributed by atoms with Crippen molar-refractivity contribution in [2.24, 2.45) is 5.92 Å². The molecule has 1 unspecified atom stereocenters. The van der Waals surface area contributed by atoms with Gasteiger partial charge in [0.25, 0.3) is 5.91 Å². The number of imide groups is 2. The Morgan fingerprint density at radius 2 is 1.38 bits per heavy atom. The summed E-state index contributed by atoms with van der Waals surface area (Å²) in [6.07, 6.45) is 0. The topological polar surface area (TPSA) is 95.6 Å². The van der Waals surface area contributed by atoms with Crippen molar-refractivity contribution in [3.63, 3.8) is 0 Å². The Hall–Kier alpha value is -4.52. The first-order valence-electron chi connectivity index (χ1n) is 9.98. The number of amides is 5. The molecule has 156 valence electrons. The average molecular weight is 423 g/mol. The molecule has 1 fully saturated rings. The van der Waals surface area contributed by atoms with E-state index in [0.717, 1.165) is 26.4 Å². The minimum Gasteiger partial charge on any atom is -0.325 e. The van der Waals surface area contributed by atoms with E-state index in [4.69, 9.17) is 0 Å².